The molecule has 0 aliphatic heterocycles. The van der Waals surface area contributed by atoms with Crippen LogP contribution in [-0.2, 0) is 12.1 Å². The Bertz CT molecular complexity index is 330. The van der Waals surface area contributed by atoms with Crippen LogP contribution >= 0.6 is 69.6 Å². The van der Waals surface area contributed by atoms with Gasteiger partial charge in [-0.05, 0) is 12.1 Å². The maximum atomic E-state index is 5.77. The van der Waals surface area contributed by atoms with Crippen molar-refractivity contribution < 1.29 is 0 Å². The van der Waals surface area contributed by atoms with Gasteiger partial charge in [0.05, 0.1) is 19.0 Å². The maximum absolute atomic E-state index is 5.77. The van der Waals surface area contributed by atoms with Crippen LogP contribution in [0, 0.1) is 0 Å². The topological polar surface area (TPSA) is 0 Å². The van der Waals surface area contributed by atoms with E-state index in [2.05, 4.69) is 24.3 Å². The van der Waals surface area contributed by atoms with Gasteiger partial charge in [-0.3, -0.25) is 0 Å². The molecule has 1 rings (SSSR count). The zero-order valence-electron chi connectivity index (χ0n) is 9.41. The standard InChI is InChI=1S/C10H12Cl6Si2/c11-9(12,13)17-5-7-1-2-8(4-3-7)6-18-10(14,15)16/h1-4H,5-6,17-18H2. The third kappa shape index (κ3) is 8.54. The molecule has 0 N–H and O–H groups in total. The zero-order chi connectivity index (χ0) is 13.8. The minimum Gasteiger partial charge on any atom is -0.0890 e. The highest BCUT2D eigenvalue weighted by atomic mass is 35.6. The van der Waals surface area contributed by atoms with Crippen LogP contribution in [-0.4, -0.2) is 25.9 Å². The molecule has 0 nitrogen and oxygen atoms in total. The Hall–Kier alpha value is 1.39. The fraction of sp³-hybridized carbons (Fsp3) is 0.400. The predicted octanol–water partition coefficient (Wildman–Crippen LogP) is 3.68. The summed E-state index contributed by atoms with van der Waals surface area (Å²) in [7, 11) is -1.51. The summed E-state index contributed by atoms with van der Waals surface area (Å²) in [5.74, 6) is 0. The Kier molecular flexibility index (Phi) is 7.19. The van der Waals surface area contributed by atoms with Crippen LogP contribution < -0.4 is 0 Å². The molecule has 0 atom stereocenters. The summed E-state index contributed by atoms with van der Waals surface area (Å²) in [4.78, 5) is 0. The van der Waals surface area contributed by atoms with Crippen molar-refractivity contribution in [2.24, 2.45) is 0 Å². The van der Waals surface area contributed by atoms with Gasteiger partial charge >= 0.3 is 0 Å². The molecule has 0 saturated heterocycles. The molecule has 8 heteroatoms. The lowest BCUT2D eigenvalue weighted by Gasteiger charge is -2.11. The lowest BCUT2D eigenvalue weighted by Crippen LogP contribution is -2.17. The van der Waals surface area contributed by atoms with Gasteiger partial charge in [-0.1, -0.05) is 105 Å². The molecule has 0 aromatic heterocycles. The Balaban J connectivity index is 2.48. The molecular formula is C10H12Cl6Si2. The summed E-state index contributed by atoms with van der Waals surface area (Å²) >= 11 is 34.6. The number of hydrogen-bond donors (Lipinski definition) is 0. The lowest BCUT2D eigenvalue weighted by molar-refractivity contribution is 1.30. The van der Waals surface area contributed by atoms with Crippen molar-refractivity contribution in [2.75, 3.05) is 0 Å². The first-order chi connectivity index (χ1) is 8.16. The molecule has 0 bridgehead atoms. The molecule has 0 heterocycles. The highest BCUT2D eigenvalue weighted by Crippen LogP contribution is 2.26. The van der Waals surface area contributed by atoms with Crippen LogP contribution in [0.5, 0.6) is 0 Å². The van der Waals surface area contributed by atoms with Gasteiger partial charge in [-0.15, -0.1) is 0 Å². The molecule has 1 aromatic carbocycles. The monoisotopic (exact) mass is 398 g/mol. The van der Waals surface area contributed by atoms with Gasteiger partial charge in [0.25, 0.3) is 0 Å². The summed E-state index contributed by atoms with van der Waals surface area (Å²) in [5, 5.41) is 0. The third-order valence-electron chi connectivity index (χ3n) is 2.42. The molecule has 0 radical (unpaired) electrons. The van der Waals surface area contributed by atoms with Crippen molar-refractivity contribution >= 4 is 88.6 Å². The molecule has 102 valence electrons. The first-order valence-corrected chi connectivity index (χ1v) is 11.1. The molecule has 0 aliphatic rings. The highest BCUT2D eigenvalue weighted by Gasteiger charge is 2.20. The van der Waals surface area contributed by atoms with Gasteiger partial charge in [0.2, 0.25) is 0 Å². The highest BCUT2D eigenvalue weighted by molar-refractivity contribution is 6.87. The van der Waals surface area contributed by atoms with E-state index in [0.29, 0.717) is 0 Å². The van der Waals surface area contributed by atoms with E-state index in [9.17, 15) is 0 Å². The van der Waals surface area contributed by atoms with E-state index in [-0.39, 0.29) is 0 Å². The van der Waals surface area contributed by atoms with Gasteiger partial charge in [0, 0.05) is 0 Å². The van der Waals surface area contributed by atoms with Crippen LogP contribution in [0.3, 0.4) is 0 Å². The van der Waals surface area contributed by atoms with Crippen LogP contribution in [0.25, 0.3) is 0 Å². The number of rotatable bonds is 4. The molecular weight excluding hydrogens is 389 g/mol. The molecule has 1 aromatic rings. The van der Waals surface area contributed by atoms with E-state index in [1.165, 1.54) is 11.1 Å². The Morgan fingerprint density at radius 3 is 1.17 bits per heavy atom. The molecule has 0 saturated carbocycles. The minimum absolute atomic E-state index is 0.753. The third-order valence-corrected chi connectivity index (χ3v) is 8.61. The molecule has 0 aliphatic carbocycles. The van der Waals surface area contributed by atoms with Crippen molar-refractivity contribution in [1.82, 2.24) is 0 Å². The summed E-state index contributed by atoms with van der Waals surface area (Å²) in [5.41, 5.74) is 2.40. The molecule has 18 heavy (non-hydrogen) atoms. The van der Waals surface area contributed by atoms with Crippen molar-refractivity contribution in [3.63, 3.8) is 0 Å². The van der Waals surface area contributed by atoms with E-state index >= 15 is 0 Å². The van der Waals surface area contributed by atoms with E-state index in [4.69, 9.17) is 69.6 Å². The van der Waals surface area contributed by atoms with E-state index in [1.54, 1.807) is 0 Å². The smallest absolute Gasteiger partial charge is 0.0890 e. The van der Waals surface area contributed by atoms with Gasteiger partial charge in [0.1, 0.15) is 0 Å². The van der Waals surface area contributed by atoms with Crippen LogP contribution in [0.1, 0.15) is 11.1 Å². The van der Waals surface area contributed by atoms with Crippen molar-refractivity contribution in [2.45, 2.75) is 18.9 Å². The summed E-state index contributed by atoms with van der Waals surface area (Å²) in [6, 6.07) is 9.99. The number of alkyl halides is 6. The Morgan fingerprint density at radius 1 is 0.667 bits per heavy atom. The van der Waals surface area contributed by atoms with Crippen LogP contribution in [0.2, 0.25) is 0 Å². The predicted molar refractivity (Wildman–Crippen MR) is 91.5 cm³/mol. The van der Waals surface area contributed by atoms with E-state index < -0.39 is 25.9 Å². The quantitative estimate of drug-likeness (QED) is 0.534. The lowest BCUT2D eigenvalue weighted by atomic mass is 10.2. The Morgan fingerprint density at radius 2 is 0.944 bits per heavy atom. The normalized spacial score (nSPS) is 14.1. The van der Waals surface area contributed by atoms with Gasteiger partial charge in [-0.25, -0.2) is 0 Å². The summed E-state index contributed by atoms with van der Waals surface area (Å²) < 4.78 is -2.11. The summed E-state index contributed by atoms with van der Waals surface area (Å²) in [6.07, 6.45) is 0. The zero-order valence-corrected chi connectivity index (χ0v) is 16.8. The van der Waals surface area contributed by atoms with Crippen molar-refractivity contribution in [3.05, 3.63) is 35.4 Å². The molecule has 0 unspecified atom stereocenters. The number of benzene rings is 1. The SMILES string of the molecule is ClC(Cl)(Cl)[SiH2]Cc1ccc(C[SiH2]C(Cl)(Cl)Cl)cc1. The van der Waals surface area contributed by atoms with Crippen LogP contribution in [0.15, 0.2) is 24.3 Å². The number of halogens is 6. The second kappa shape index (κ2) is 7.42. The van der Waals surface area contributed by atoms with Crippen molar-refractivity contribution in [3.8, 4) is 0 Å². The Labute approximate surface area is 142 Å². The first kappa shape index (κ1) is 17.4. The number of hydrogen-bond acceptors (Lipinski definition) is 0. The molecule has 0 fully saturated rings. The molecule has 0 amide bonds. The maximum Gasteiger partial charge on any atom is 0.170 e. The van der Waals surface area contributed by atoms with Gasteiger partial charge in [0.15, 0.2) is 6.83 Å². The fourth-order valence-corrected chi connectivity index (χ4v) is 4.96. The van der Waals surface area contributed by atoms with E-state index in [1.807, 2.05) is 0 Å². The average Bonchev–Trinajstić information content (AvgIpc) is 2.23. The second-order valence-electron chi connectivity index (χ2n) is 4.05. The molecule has 0 spiro atoms. The first-order valence-electron chi connectivity index (χ1n) is 5.37. The van der Waals surface area contributed by atoms with E-state index in [0.717, 1.165) is 12.1 Å². The van der Waals surface area contributed by atoms with Crippen molar-refractivity contribution in [1.29, 1.82) is 0 Å². The largest absolute Gasteiger partial charge is 0.170 e. The second-order valence-corrected chi connectivity index (χ2v) is 15.9. The van der Waals surface area contributed by atoms with Gasteiger partial charge in [-0.2, -0.15) is 0 Å². The van der Waals surface area contributed by atoms with Crippen LogP contribution in [0.4, 0.5) is 0 Å². The van der Waals surface area contributed by atoms with Gasteiger partial charge < -0.3 is 0 Å². The average molecular weight is 401 g/mol. The fourth-order valence-electron chi connectivity index (χ4n) is 1.44. The summed E-state index contributed by atoms with van der Waals surface area (Å²) in [6.45, 7) is 0. The minimum atomic E-state index is -1.05.